The molecule has 1 aromatic heterocycles. The molecule has 1 aliphatic heterocycles. The molecule has 114 valence electrons. The van der Waals surface area contributed by atoms with Gasteiger partial charge in [-0.2, -0.15) is 0 Å². The Morgan fingerprint density at radius 1 is 1.18 bits per heavy atom. The van der Waals surface area contributed by atoms with Crippen LogP contribution < -0.4 is 4.90 Å². The monoisotopic (exact) mass is 303 g/mol. The molecule has 0 fully saturated rings. The van der Waals surface area contributed by atoms with Crippen molar-refractivity contribution in [3.63, 3.8) is 0 Å². The number of benzene rings is 1. The standard InChI is InChI=1S/C16H15F2N3O/c1-8-19-6-9(7-20-8)12-11(17)5-10-14(13(12)18)21(4)15(22)16(10,2)3/h5-7H,1-4H3. The van der Waals surface area contributed by atoms with Gasteiger partial charge < -0.3 is 4.90 Å². The maximum Gasteiger partial charge on any atom is 0.236 e. The summed E-state index contributed by atoms with van der Waals surface area (Å²) in [7, 11) is 1.49. The molecule has 1 amide bonds. The Bertz CT molecular complexity index is 785. The normalized spacial score (nSPS) is 16.1. The van der Waals surface area contributed by atoms with Crippen molar-refractivity contribution in [1.82, 2.24) is 9.97 Å². The molecule has 0 bridgehead atoms. The number of anilines is 1. The van der Waals surface area contributed by atoms with Crippen LogP contribution in [0, 0.1) is 18.6 Å². The Labute approximate surface area is 126 Å². The Morgan fingerprint density at radius 3 is 2.36 bits per heavy atom. The van der Waals surface area contributed by atoms with Crippen LogP contribution in [0.4, 0.5) is 14.5 Å². The highest BCUT2D eigenvalue weighted by Crippen LogP contribution is 2.45. The molecular weight excluding hydrogens is 288 g/mol. The lowest BCUT2D eigenvalue weighted by Gasteiger charge is -2.16. The van der Waals surface area contributed by atoms with Crippen molar-refractivity contribution in [3.8, 4) is 11.1 Å². The highest BCUT2D eigenvalue weighted by molar-refractivity contribution is 6.08. The molecule has 2 aromatic rings. The van der Waals surface area contributed by atoms with Gasteiger partial charge in [0.1, 0.15) is 11.6 Å². The van der Waals surface area contributed by atoms with Crippen LogP contribution in [0.5, 0.6) is 0 Å². The minimum atomic E-state index is -0.950. The van der Waals surface area contributed by atoms with Crippen LogP contribution in [-0.4, -0.2) is 22.9 Å². The molecule has 2 heterocycles. The zero-order valence-corrected chi connectivity index (χ0v) is 12.7. The Morgan fingerprint density at radius 2 is 1.77 bits per heavy atom. The summed E-state index contributed by atoms with van der Waals surface area (Å²) in [6.07, 6.45) is 2.75. The Kier molecular flexibility index (Phi) is 3.02. The second-order valence-corrected chi connectivity index (χ2v) is 5.95. The number of hydrogen-bond acceptors (Lipinski definition) is 3. The van der Waals surface area contributed by atoms with E-state index in [4.69, 9.17) is 0 Å². The first-order chi connectivity index (χ1) is 10.2. The van der Waals surface area contributed by atoms with Crippen molar-refractivity contribution < 1.29 is 13.6 Å². The molecule has 0 unspecified atom stereocenters. The molecule has 22 heavy (non-hydrogen) atoms. The second kappa shape index (κ2) is 4.56. The van der Waals surface area contributed by atoms with Gasteiger partial charge >= 0.3 is 0 Å². The van der Waals surface area contributed by atoms with E-state index in [0.717, 1.165) is 0 Å². The number of carbonyl (C=O) groups excluding carboxylic acids is 1. The van der Waals surface area contributed by atoms with Gasteiger partial charge in [-0.1, -0.05) is 0 Å². The zero-order valence-electron chi connectivity index (χ0n) is 12.7. The van der Waals surface area contributed by atoms with Crippen LogP contribution >= 0.6 is 0 Å². The molecule has 0 aliphatic carbocycles. The molecule has 6 heteroatoms. The number of hydrogen-bond donors (Lipinski definition) is 0. The smallest absolute Gasteiger partial charge is 0.236 e. The van der Waals surface area contributed by atoms with Gasteiger partial charge in [-0.3, -0.25) is 4.79 Å². The molecular formula is C16H15F2N3O. The minimum Gasteiger partial charge on any atom is -0.312 e. The number of carbonyl (C=O) groups is 1. The molecule has 3 rings (SSSR count). The maximum absolute atomic E-state index is 14.9. The number of nitrogens with zero attached hydrogens (tertiary/aromatic N) is 3. The average Bonchev–Trinajstić information content (AvgIpc) is 2.62. The zero-order chi connectivity index (χ0) is 16.2. The fraction of sp³-hybridized carbons (Fsp3) is 0.312. The summed E-state index contributed by atoms with van der Waals surface area (Å²) < 4.78 is 29.4. The molecule has 0 spiro atoms. The van der Waals surface area contributed by atoms with Gasteiger partial charge in [-0.05, 0) is 32.4 Å². The van der Waals surface area contributed by atoms with Gasteiger partial charge in [-0.25, -0.2) is 18.7 Å². The van der Waals surface area contributed by atoms with Gasteiger partial charge in [0, 0.05) is 25.0 Å². The average molecular weight is 303 g/mol. The van der Waals surface area contributed by atoms with E-state index in [1.54, 1.807) is 20.8 Å². The summed E-state index contributed by atoms with van der Waals surface area (Å²) in [6.45, 7) is 5.00. The van der Waals surface area contributed by atoms with E-state index in [9.17, 15) is 13.6 Å². The van der Waals surface area contributed by atoms with Crippen LogP contribution in [-0.2, 0) is 10.2 Å². The minimum absolute atomic E-state index is 0.118. The van der Waals surface area contributed by atoms with E-state index < -0.39 is 17.0 Å². The van der Waals surface area contributed by atoms with E-state index in [2.05, 4.69) is 9.97 Å². The number of fused-ring (bicyclic) bond motifs is 1. The van der Waals surface area contributed by atoms with Gasteiger partial charge in [0.25, 0.3) is 0 Å². The lowest BCUT2D eigenvalue weighted by atomic mass is 9.85. The Hall–Kier alpha value is -2.37. The topological polar surface area (TPSA) is 46.1 Å². The van der Waals surface area contributed by atoms with Gasteiger partial charge in [0.15, 0.2) is 5.82 Å². The molecule has 0 N–H and O–H groups in total. The van der Waals surface area contributed by atoms with Crippen LogP contribution in [0.3, 0.4) is 0 Å². The van der Waals surface area contributed by atoms with Gasteiger partial charge in [-0.15, -0.1) is 0 Å². The lowest BCUT2D eigenvalue weighted by molar-refractivity contribution is -0.121. The predicted molar refractivity (Wildman–Crippen MR) is 78.6 cm³/mol. The molecule has 1 aliphatic rings. The summed E-state index contributed by atoms with van der Waals surface area (Å²) in [6, 6.07) is 1.23. The summed E-state index contributed by atoms with van der Waals surface area (Å²) in [5.41, 5.74) is -0.447. The first-order valence-electron chi connectivity index (χ1n) is 6.84. The van der Waals surface area contributed by atoms with E-state index in [-0.39, 0.29) is 22.7 Å². The van der Waals surface area contributed by atoms with Crippen molar-refractivity contribution in [3.05, 3.63) is 41.5 Å². The van der Waals surface area contributed by atoms with Crippen molar-refractivity contribution in [2.24, 2.45) is 0 Å². The fourth-order valence-electron chi connectivity index (χ4n) is 2.84. The van der Waals surface area contributed by atoms with Crippen molar-refractivity contribution in [1.29, 1.82) is 0 Å². The lowest BCUT2D eigenvalue weighted by Crippen LogP contribution is -2.33. The number of aromatic nitrogens is 2. The number of halogens is 2. The van der Waals surface area contributed by atoms with Crippen LogP contribution in [0.15, 0.2) is 18.5 Å². The van der Waals surface area contributed by atoms with E-state index in [1.165, 1.54) is 30.4 Å². The summed E-state index contributed by atoms with van der Waals surface area (Å²) in [5, 5.41) is 0. The molecule has 0 saturated heterocycles. The summed E-state index contributed by atoms with van der Waals surface area (Å²) in [4.78, 5) is 21.4. The van der Waals surface area contributed by atoms with E-state index in [1.807, 2.05) is 0 Å². The van der Waals surface area contributed by atoms with Crippen molar-refractivity contribution in [2.75, 3.05) is 11.9 Å². The predicted octanol–water partition coefficient (Wildman–Crippen LogP) is 2.98. The summed E-state index contributed by atoms with van der Waals surface area (Å²) in [5.74, 6) is -1.24. The second-order valence-electron chi connectivity index (χ2n) is 5.95. The number of likely N-dealkylation sites (N-methyl/N-ethyl adjacent to an activating group) is 1. The highest BCUT2D eigenvalue weighted by Gasteiger charge is 2.45. The van der Waals surface area contributed by atoms with Gasteiger partial charge in [0.05, 0.1) is 16.7 Å². The first-order valence-corrected chi connectivity index (χ1v) is 6.84. The SMILES string of the molecule is Cc1ncc(-c2c(F)cc3c(c2F)N(C)C(=O)C3(C)C)cn1. The van der Waals surface area contributed by atoms with Gasteiger partial charge in [0.2, 0.25) is 5.91 Å². The molecule has 0 saturated carbocycles. The van der Waals surface area contributed by atoms with Crippen molar-refractivity contribution >= 4 is 11.6 Å². The van der Waals surface area contributed by atoms with E-state index in [0.29, 0.717) is 11.4 Å². The van der Waals surface area contributed by atoms with Crippen LogP contribution in [0.2, 0.25) is 0 Å². The largest absolute Gasteiger partial charge is 0.312 e. The number of amides is 1. The molecule has 4 nitrogen and oxygen atoms in total. The van der Waals surface area contributed by atoms with Crippen molar-refractivity contribution in [2.45, 2.75) is 26.2 Å². The number of rotatable bonds is 1. The highest BCUT2D eigenvalue weighted by atomic mass is 19.1. The third-order valence-electron chi connectivity index (χ3n) is 4.11. The fourth-order valence-corrected chi connectivity index (χ4v) is 2.84. The number of aryl methyl sites for hydroxylation is 1. The third kappa shape index (κ3) is 1.83. The first kappa shape index (κ1) is 14.6. The quantitative estimate of drug-likeness (QED) is 0.813. The molecule has 0 atom stereocenters. The molecule has 0 radical (unpaired) electrons. The van der Waals surface area contributed by atoms with Crippen LogP contribution in [0.1, 0.15) is 25.2 Å². The maximum atomic E-state index is 14.9. The summed E-state index contributed by atoms with van der Waals surface area (Å²) >= 11 is 0. The van der Waals surface area contributed by atoms with E-state index >= 15 is 0 Å². The third-order valence-corrected chi connectivity index (χ3v) is 4.11. The molecule has 1 aromatic carbocycles. The Balaban J connectivity index is 2.29. The van der Waals surface area contributed by atoms with Crippen LogP contribution in [0.25, 0.3) is 11.1 Å².